The maximum absolute atomic E-state index is 11.2. The minimum atomic E-state index is -0.814. The molecule has 1 fully saturated rings. The highest BCUT2D eigenvalue weighted by Crippen LogP contribution is 2.33. The van der Waals surface area contributed by atoms with Crippen molar-refractivity contribution in [3.8, 4) is 0 Å². The number of hydrogen-bond donors (Lipinski definition) is 1. The molecule has 4 heteroatoms. The summed E-state index contributed by atoms with van der Waals surface area (Å²) in [6.07, 6.45) is 0.0866. The molecule has 2 aromatic rings. The molecule has 114 valence electrons. The van der Waals surface area contributed by atoms with E-state index in [2.05, 4.69) is 36.4 Å². The summed E-state index contributed by atoms with van der Waals surface area (Å²) in [7, 11) is 0. The van der Waals surface area contributed by atoms with Gasteiger partial charge in [-0.05, 0) is 43.2 Å². The first-order valence-electron chi connectivity index (χ1n) is 7.46. The second kappa shape index (κ2) is 6.44. The van der Waals surface area contributed by atoms with Gasteiger partial charge in [0.15, 0.2) is 0 Å². The third-order valence-corrected chi connectivity index (χ3v) is 5.17. The summed E-state index contributed by atoms with van der Waals surface area (Å²) in [6.45, 7) is 2.58. The van der Waals surface area contributed by atoms with Crippen LogP contribution >= 0.6 is 11.8 Å². The number of nitrogens with zero attached hydrogens (tertiary/aromatic N) is 1. The van der Waals surface area contributed by atoms with Gasteiger partial charge in [-0.2, -0.15) is 0 Å². The lowest BCUT2D eigenvalue weighted by molar-refractivity contribution is 0.143. The van der Waals surface area contributed by atoms with E-state index in [1.165, 1.54) is 20.3 Å². The number of likely N-dealkylation sites (tertiary alicyclic amines) is 1. The van der Waals surface area contributed by atoms with Gasteiger partial charge in [0, 0.05) is 28.3 Å². The lowest BCUT2D eigenvalue weighted by atomic mass is 9.97. The molecular formula is C18H19NO2S. The molecule has 1 saturated heterocycles. The van der Waals surface area contributed by atoms with Crippen molar-refractivity contribution in [2.24, 2.45) is 0 Å². The fraction of sp³-hybridized carbons (Fsp3) is 0.278. The quantitative estimate of drug-likeness (QED) is 0.893. The molecule has 3 rings (SSSR count). The van der Waals surface area contributed by atoms with E-state index in [4.69, 9.17) is 0 Å². The standard InChI is InChI=1S/C18H19NO2S/c1-13-11-15(12-19(13)18(20)21)14-7-9-17(10-8-14)22-16-5-3-2-4-6-16/h2-10,13,15H,11-12H2,1H3,(H,20,21)/t13-,15+/m1/s1. The van der Waals surface area contributed by atoms with E-state index in [0.717, 1.165) is 6.42 Å². The molecule has 2 aromatic carbocycles. The topological polar surface area (TPSA) is 40.5 Å². The highest BCUT2D eigenvalue weighted by molar-refractivity contribution is 7.99. The maximum Gasteiger partial charge on any atom is 0.407 e. The van der Waals surface area contributed by atoms with E-state index in [1.807, 2.05) is 25.1 Å². The van der Waals surface area contributed by atoms with Crippen molar-refractivity contribution >= 4 is 17.9 Å². The van der Waals surface area contributed by atoms with Gasteiger partial charge in [0.2, 0.25) is 0 Å². The molecule has 2 atom stereocenters. The number of hydrogen-bond acceptors (Lipinski definition) is 2. The van der Waals surface area contributed by atoms with Crippen LogP contribution in [-0.2, 0) is 0 Å². The van der Waals surface area contributed by atoms with Gasteiger partial charge in [-0.15, -0.1) is 0 Å². The Bertz CT molecular complexity index is 642. The second-order valence-corrected chi connectivity index (χ2v) is 6.85. The van der Waals surface area contributed by atoms with Gasteiger partial charge in [-0.1, -0.05) is 42.1 Å². The molecule has 1 N–H and O–H groups in total. The van der Waals surface area contributed by atoms with Crippen molar-refractivity contribution in [3.63, 3.8) is 0 Å². The largest absolute Gasteiger partial charge is 0.465 e. The summed E-state index contributed by atoms with van der Waals surface area (Å²) in [5.74, 6) is 0.307. The average Bonchev–Trinajstić information content (AvgIpc) is 2.91. The summed E-state index contributed by atoms with van der Waals surface area (Å²) in [5.41, 5.74) is 1.23. The van der Waals surface area contributed by atoms with Gasteiger partial charge in [-0.25, -0.2) is 4.79 Å². The minimum Gasteiger partial charge on any atom is -0.465 e. The molecule has 1 amide bonds. The summed E-state index contributed by atoms with van der Waals surface area (Å²) in [4.78, 5) is 15.1. The van der Waals surface area contributed by atoms with Crippen LogP contribution in [0.2, 0.25) is 0 Å². The fourth-order valence-electron chi connectivity index (χ4n) is 2.97. The van der Waals surface area contributed by atoms with Crippen LogP contribution in [-0.4, -0.2) is 28.7 Å². The van der Waals surface area contributed by atoms with Crippen LogP contribution in [0.3, 0.4) is 0 Å². The van der Waals surface area contributed by atoms with Gasteiger partial charge in [0.25, 0.3) is 0 Å². The van der Waals surface area contributed by atoms with Crippen LogP contribution in [0.25, 0.3) is 0 Å². The van der Waals surface area contributed by atoms with E-state index in [-0.39, 0.29) is 6.04 Å². The smallest absolute Gasteiger partial charge is 0.407 e. The van der Waals surface area contributed by atoms with E-state index in [0.29, 0.717) is 12.5 Å². The lowest BCUT2D eigenvalue weighted by Gasteiger charge is -2.16. The molecule has 0 spiro atoms. The van der Waals surface area contributed by atoms with Crippen molar-refractivity contribution in [3.05, 3.63) is 60.2 Å². The zero-order valence-corrected chi connectivity index (χ0v) is 13.3. The Kier molecular flexibility index (Phi) is 4.39. The summed E-state index contributed by atoms with van der Waals surface area (Å²) >= 11 is 1.74. The van der Waals surface area contributed by atoms with E-state index >= 15 is 0 Å². The number of carboxylic acid groups (broad SMARTS) is 1. The van der Waals surface area contributed by atoms with E-state index in [1.54, 1.807) is 11.8 Å². The molecular weight excluding hydrogens is 294 g/mol. The van der Waals surface area contributed by atoms with Crippen molar-refractivity contribution in [2.45, 2.75) is 35.1 Å². The molecule has 0 aromatic heterocycles. The highest BCUT2D eigenvalue weighted by Gasteiger charge is 2.32. The zero-order valence-electron chi connectivity index (χ0n) is 12.5. The normalized spacial score (nSPS) is 21.0. The second-order valence-electron chi connectivity index (χ2n) is 5.70. The first kappa shape index (κ1) is 15.0. The first-order valence-corrected chi connectivity index (χ1v) is 8.27. The summed E-state index contributed by atoms with van der Waals surface area (Å²) in [5, 5.41) is 9.18. The minimum absolute atomic E-state index is 0.0980. The predicted molar refractivity (Wildman–Crippen MR) is 88.6 cm³/mol. The molecule has 0 bridgehead atoms. The molecule has 1 aliphatic rings. The van der Waals surface area contributed by atoms with Gasteiger partial charge < -0.3 is 10.0 Å². The molecule has 1 aliphatic heterocycles. The van der Waals surface area contributed by atoms with Gasteiger partial charge in [0.05, 0.1) is 0 Å². The zero-order chi connectivity index (χ0) is 15.5. The number of carbonyl (C=O) groups is 1. The highest BCUT2D eigenvalue weighted by atomic mass is 32.2. The predicted octanol–water partition coefficient (Wildman–Crippen LogP) is 4.69. The fourth-order valence-corrected chi connectivity index (χ4v) is 3.81. The van der Waals surface area contributed by atoms with Crippen LogP contribution < -0.4 is 0 Å². The Labute approximate surface area is 135 Å². The van der Waals surface area contributed by atoms with Crippen molar-refractivity contribution in [1.82, 2.24) is 4.90 Å². The van der Waals surface area contributed by atoms with Crippen molar-refractivity contribution < 1.29 is 9.90 Å². The number of benzene rings is 2. The molecule has 0 radical (unpaired) electrons. The lowest BCUT2D eigenvalue weighted by Crippen LogP contribution is -2.32. The van der Waals surface area contributed by atoms with Crippen LogP contribution in [0.15, 0.2) is 64.4 Å². The van der Waals surface area contributed by atoms with Crippen LogP contribution in [0.4, 0.5) is 4.79 Å². The Hall–Kier alpha value is -1.94. The molecule has 0 saturated carbocycles. The summed E-state index contributed by atoms with van der Waals surface area (Å²) < 4.78 is 0. The average molecular weight is 313 g/mol. The van der Waals surface area contributed by atoms with Crippen LogP contribution in [0.1, 0.15) is 24.8 Å². The van der Waals surface area contributed by atoms with E-state index in [9.17, 15) is 9.90 Å². The Morgan fingerprint density at radius 2 is 1.73 bits per heavy atom. The van der Waals surface area contributed by atoms with Gasteiger partial charge in [0.1, 0.15) is 0 Å². The first-order chi connectivity index (χ1) is 10.6. The SMILES string of the molecule is C[C@@H]1C[C@H](c2ccc(Sc3ccccc3)cc2)CN1C(=O)O. The van der Waals surface area contributed by atoms with Crippen LogP contribution in [0, 0.1) is 0 Å². The molecule has 3 nitrogen and oxygen atoms in total. The van der Waals surface area contributed by atoms with Crippen LogP contribution in [0.5, 0.6) is 0 Å². The number of amides is 1. The number of rotatable bonds is 3. The Balaban J connectivity index is 1.68. The van der Waals surface area contributed by atoms with Crippen molar-refractivity contribution in [1.29, 1.82) is 0 Å². The van der Waals surface area contributed by atoms with Crippen molar-refractivity contribution in [2.75, 3.05) is 6.54 Å². The Morgan fingerprint density at radius 1 is 1.09 bits per heavy atom. The molecule has 0 unspecified atom stereocenters. The maximum atomic E-state index is 11.2. The Morgan fingerprint density at radius 3 is 2.32 bits per heavy atom. The molecule has 22 heavy (non-hydrogen) atoms. The van der Waals surface area contributed by atoms with Gasteiger partial charge >= 0.3 is 6.09 Å². The molecule has 0 aliphatic carbocycles. The van der Waals surface area contributed by atoms with E-state index < -0.39 is 6.09 Å². The monoisotopic (exact) mass is 313 g/mol. The summed E-state index contributed by atoms with van der Waals surface area (Å²) in [6, 6.07) is 18.9. The van der Waals surface area contributed by atoms with Gasteiger partial charge in [-0.3, -0.25) is 0 Å². The third-order valence-electron chi connectivity index (χ3n) is 4.15. The third kappa shape index (κ3) is 3.28. The molecule has 1 heterocycles.